The maximum Gasteiger partial charge on any atom is 0.179 e. The first-order chi connectivity index (χ1) is 8.06. The van der Waals surface area contributed by atoms with Crippen LogP contribution in [-0.2, 0) is 0 Å². The molecule has 1 unspecified atom stereocenters. The van der Waals surface area contributed by atoms with Crippen LogP contribution in [0.25, 0.3) is 0 Å². The smallest absolute Gasteiger partial charge is 0.179 e. The molecule has 0 aliphatic carbocycles. The van der Waals surface area contributed by atoms with Gasteiger partial charge in [-0.1, -0.05) is 37.1 Å². The fourth-order valence-electron chi connectivity index (χ4n) is 1.68. The minimum Gasteiger partial charge on any atom is -0.297 e. The molecule has 1 atom stereocenters. The van der Waals surface area contributed by atoms with E-state index in [0.29, 0.717) is 10.6 Å². The summed E-state index contributed by atoms with van der Waals surface area (Å²) in [4.78, 5) is 14.3. The number of rotatable bonds is 6. The summed E-state index contributed by atoms with van der Waals surface area (Å²) in [6, 6.07) is 7.05. The van der Waals surface area contributed by atoms with E-state index in [4.69, 9.17) is 11.6 Å². The molecule has 0 spiro atoms. The summed E-state index contributed by atoms with van der Waals surface area (Å²) >= 11 is 5.89. The first-order valence-corrected chi connectivity index (χ1v) is 6.44. The summed E-state index contributed by atoms with van der Waals surface area (Å²) < 4.78 is 0. The van der Waals surface area contributed by atoms with Gasteiger partial charge in [-0.05, 0) is 39.1 Å². The van der Waals surface area contributed by atoms with Gasteiger partial charge < -0.3 is 0 Å². The highest BCUT2D eigenvalue weighted by Gasteiger charge is 2.19. The molecule has 2 nitrogen and oxygen atoms in total. The zero-order valence-corrected chi connectivity index (χ0v) is 11.5. The standard InChI is InChI=1S/C14H20ClNO/c1-4-5-9-16(3)11(2)14(17)12-7-6-8-13(15)10-12/h6-8,10-11H,4-5,9H2,1-3H3. The minimum atomic E-state index is -0.0972. The van der Waals surface area contributed by atoms with Gasteiger partial charge >= 0.3 is 0 Å². The van der Waals surface area contributed by atoms with Gasteiger partial charge in [0, 0.05) is 10.6 Å². The molecular formula is C14H20ClNO. The largest absolute Gasteiger partial charge is 0.297 e. The molecule has 0 amide bonds. The fraction of sp³-hybridized carbons (Fsp3) is 0.500. The monoisotopic (exact) mass is 253 g/mol. The van der Waals surface area contributed by atoms with Crippen molar-refractivity contribution < 1.29 is 4.79 Å². The number of benzene rings is 1. The summed E-state index contributed by atoms with van der Waals surface area (Å²) in [6.07, 6.45) is 2.26. The second kappa shape index (κ2) is 6.77. The van der Waals surface area contributed by atoms with E-state index < -0.39 is 0 Å². The Kier molecular flexibility index (Phi) is 5.66. The van der Waals surface area contributed by atoms with Gasteiger partial charge in [0.05, 0.1) is 6.04 Å². The molecule has 0 aromatic heterocycles. The van der Waals surface area contributed by atoms with Gasteiger partial charge in [-0.3, -0.25) is 9.69 Å². The predicted molar refractivity (Wildman–Crippen MR) is 72.8 cm³/mol. The van der Waals surface area contributed by atoms with Gasteiger partial charge in [0.2, 0.25) is 0 Å². The van der Waals surface area contributed by atoms with Crippen LogP contribution in [0.1, 0.15) is 37.0 Å². The van der Waals surface area contributed by atoms with Gasteiger partial charge in [-0.15, -0.1) is 0 Å². The number of carbonyl (C=O) groups excluding carboxylic acids is 1. The highest BCUT2D eigenvalue weighted by molar-refractivity contribution is 6.31. The van der Waals surface area contributed by atoms with Crippen LogP contribution >= 0.6 is 11.6 Å². The first-order valence-electron chi connectivity index (χ1n) is 6.06. The summed E-state index contributed by atoms with van der Waals surface area (Å²) in [5, 5.41) is 0.610. The summed E-state index contributed by atoms with van der Waals surface area (Å²) in [5.74, 6) is 0.131. The third-order valence-electron chi connectivity index (χ3n) is 3.01. The van der Waals surface area contributed by atoms with Crippen LogP contribution in [0.2, 0.25) is 5.02 Å². The Labute approximate surface area is 109 Å². The van der Waals surface area contributed by atoms with Crippen LogP contribution in [0, 0.1) is 0 Å². The molecule has 0 bridgehead atoms. The van der Waals surface area contributed by atoms with Gasteiger partial charge in [0.25, 0.3) is 0 Å². The van der Waals surface area contributed by atoms with Gasteiger partial charge in [0.1, 0.15) is 0 Å². The highest BCUT2D eigenvalue weighted by atomic mass is 35.5. The lowest BCUT2D eigenvalue weighted by atomic mass is 10.0. The van der Waals surface area contributed by atoms with E-state index in [0.717, 1.165) is 19.4 Å². The lowest BCUT2D eigenvalue weighted by Gasteiger charge is -2.23. The topological polar surface area (TPSA) is 20.3 Å². The maximum absolute atomic E-state index is 12.2. The average molecular weight is 254 g/mol. The number of hydrogen-bond acceptors (Lipinski definition) is 2. The summed E-state index contributed by atoms with van der Waals surface area (Å²) in [6.45, 7) is 5.04. The summed E-state index contributed by atoms with van der Waals surface area (Å²) in [7, 11) is 1.99. The number of nitrogens with zero attached hydrogens (tertiary/aromatic N) is 1. The molecule has 1 rings (SSSR count). The van der Waals surface area contributed by atoms with E-state index in [1.807, 2.05) is 26.1 Å². The molecular weight excluding hydrogens is 234 g/mol. The van der Waals surface area contributed by atoms with Gasteiger partial charge in [0.15, 0.2) is 5.78 Å². The number of ketones is 1. The van der Waals surface area contributed by atoms with Gasteiger partial charge in [-0.2, -0.15) is 0 Å². The number of carbonyl (C=O) groups is 1. The molecule has 0 aliphatic rings. The third-order valence-corrected chi connectivity index (χ3v) is 3.25. The molecule has 0 heterocycles. The Bertz CT molecular complexity index is 378. The Balaban J connectivity index is 2.69. The Morgan fingerprint density at radius 2 is 2.18 bits per heavy atom. The minimum absolute atomic E-state index is 0.0972. The van der Waals surface area contributed by atoms with Crippen molar-refractivity contribution in [3.05, 3.63) is 34.9 Å². The number of likely N-dealkylation sites (N-methyl/N-ethyl adjacent to an activating group) is 1. The molecule has 94 valence electrons. The van der Waals surface area contributed by atoms with Crippen molar-refractivity contribution >= 4 is 17.4 Å². The van der Waals surface area contributed by atoms with Crippen LogP contribution in [-0.4, -0.2) is 30.3 Å². The zero-order valence-electron chi connectivity index (χ0n) is 10.7. The number of unbranched alkanes of at least 4 members (excludes halogenated alkanes) is 1. The third kappa shape index (κ3) is 4.14. The van der Waals surface area contributed by atoms with Crippen molar-refractivity contribution in [3.63, 3.8) is 0 Å². The molecule has 0 radical (unpaired) electrons. The molecule has 3 heteroatoms. The normalized spacial score (nSPS) is 12.8. The van der Waals surface area contributed by atoms with Crippen molar-refractivity contribution in [1.29, 1.82) is 0 Å². The lowest BCUT2D eigenvalue weighted by molar-refractivity contribution is 0.0867. The van der Waals surface area contributed by atoms with E-state index in [1.165, 1.54) is 0 Å². The van der Waals surface area contributed by atoms with E-state index in [9.17, 15) is 4.79 Å². The van der Waals surface area contributed by atoms with Crippen molar-refractivity contribution in [3.8, 4) is 0 Å². The van der Waals surface area contributed by atoms with E-state index in [-0.39, 0.29) is 11.8 Å². The van der Waals surface area contributed by atoms with Crippen LogP contribution in [0.3, 0.4) is 0 Å². The molecule has 0 aliphatic heterocycles. The van der Waals surface area contributed by atoms with Crippen LogP contribution < -0.4 is 0 Å². The lowest BCUT2D eigenvalue weighted by Crippen LogP contribution is -2.36. The maximum atomic E-state index is 12.2. The quantitative estimate of drug-likeness (QED) is 0.722. The van der Waals surface area contributed by atoms with Gasteiger partial charge in [-0.25, -0.2) is 0 Å². The Morgan fingerprint density at radius 1 is 1.47 bits per heavy atom. The zero-order chi connectivity index (χ0) is 12.8. The van der Waals surface area contributed by atoms with Crippen molar-refractivity contribution in [2.24, 2.45) is 0 Å². The second-order valence-corrected chi connectivity index (χ2v) is 4.82. The Hall–Kier alpha value is -0.860. The molecule has 1 aromatic rings. The average Bonchev–Trinajstić information content (AvgIpc) is 2.34. The molecule has 0 saturated carbocycles. The van der Waals surface area contributed by atoms with E-state index in [2.05, 4.69) is 11.8 Å². The molecule has 17 heavy (non-hydrogen) atoms. The molecule has 1 aromatic carbocycles. The second-order valence-electron chi connectivity index (χ2n) is 4.38. The molecule has 0 saturated heterocycles. The number of Topliss-reactive ketones (excluding diaryl/α,β-unsaturated/α-hetero) is 1. The van der Waals surface area contributed by atoms with Crippen LogP contribution in [0.4, 0.5) is 0 Å². The van der Waals surface area contributed by atoms with Crippen molar-refractivity contribution in [2.75, 3.05) is 13.6 Å². The van der Waals surface area contributed by atoms with Crippen LogP contribution in [0.5, 0.6) is 0 Å². The SMILES string of the molecule is CCCCN(C)C(C)C(=O)c1cccc(Cl)c1. The predicted octanol–water partition coefficient (Wildman–Crippen LogP) is 3.64. The highest BCUT2D eigenvalue weighted by Crippen LogP contribution is 2.14. The molecule has 0 fully saturated rings. The fourth-order valence-corrected chi connectivity index (χ4v) is 1.87. The summed E-state index contributed by atoms with van der Waals surface area (Å²) in [5.41, 5.74) is 0.688. The number of hydrogen-bond donors (Lipinski definition) is 0. The van der Waals surface area contributed by atoms with E-state index in [1.54, 1.807) is 12.1 Å². The van der Waals surface area contributed by atoms with Crippen molar-refractivity contribution in [1.82, 2.24) is 4.90 Å². The van der Waals surface area contributed by atoms with Crippen molar-refractivity contribution in [2.45, 2.75) is 32.7 Å². The van der Waals surface area contributed by atoms with E-state index >= 15 is 0 Å². The Morgan fingerprint density at radius 3 is 2.76 bits per heavy atom. The van der Waals surface area contributed by atoms with Crippen LogP contribution in [0.15, 0.2) is 24.3 Å². The number of halogens is 1. The molecule has 0 N–H and O–H groups in total. The first kappa shape index (κ1) is 14.2.